The summed E-state index contributed by atoms with van der Waals surface area (Å²) in [5.74, 6) is 0.272. The topological polar surface area (TPSA) is 17.1 Å². The van der Waals surface area contributed by atoms with E-state index in [-0.39, 0.29) is 5.78 Å². The number of hydrogen-bond acceptors (Lipinski definition) is 1. The molecule has 0 spiro atoms. The van der Waals surface area contributed by atoms with E-state index in [0.29, 0.717) is 12.1 Å². The van der Waals surface area contributed by atoms with Crippen LogP contribution >= 0.6 is 7.26 Å². The molecule has 3 rings (SSSR count). The van der Waals surface area contributed by atoms with Crippen molar-refractivity contribution in [1.82, 2.24) is 0 Å². The monoisotopic (exact) mass is 362 g/mol. The van der Waals surface area contributed by atoms with E-state index in [0.717, 1.165) is 6.42 Å². The van der Waals surface area contributed by atoms with E-state index in [1.807, 2.05) is 0 Å². The van der Waals surface area contributed by atoms with Gasteiger partial charge in [-0.1, -0.05) is 0 Å². The van der Waals surface area contributed by atoms with E-state index in [1.54, 1.807) is 6.92 Å². The molecule has 3 aromatic carbocycles. The minimum absolute atomic E-state index is 0.272. The molecule has 0 aliphatic carbocycles. The van der Waals surface area contributed by atoms with E-state index in [2.05, 4.69) is 97.9 Å². The Hall–Kier alpha value is -2.24. The SMILES string of the molecule is CC(=O)CCC(C)[PH](c1ccccc1)(c1ccccc1)c1ccccc1. The molecule has 3 aromatic rings. The first-order valence-electron chi connectivity index (χ1n) is 9.31. The standard InChI is InChI=1S/C24H27OP/c1-20(25)18-19-21(2)26(22-12-6-3-7-13-22,23-14-8-4-9-15-23)24-16-10-5-11-17-24/h3-17,21,26H,18-19H2,1-2H3. The van der Waals surface area contributed by atoms with Gasteiger partial charge in [0.15, 0.2) is 0 Å². The van der Waals surface area contributed by atoms with Crippen molar-refractivity contribution in [3.63, 3.8) is 0 Å². The second-order valence-corrected chi connectivity index (χ2v) is 11.4. The number of ketones is 1. The van der Waals surface area contributed by atoms with Crippen molar-refractivity contribution in [1.29, 1.82) is 0 Å². The van der Waals surface area contributed by atoms with Gasteiger partial charge in [-0.2, -0.15) is 0 Å². The number of carbonyl (C=O) groups excluding carboxylic acids is 1. The van der Waals surface area contributed by atoms with Gasteiger partial charge < -0.3 is 0 Å². The molecule has 0 aliphatic rings. The summed E-state index contributed by atoms with van der Waals surface area (Å²) < 4.78 is 0. The van der Waals surface area contributed by atoms with E-state index in [9.17, 15) is 4.79 Å². The van der Waals surface area contributed by atoms with Crippen molar-refractivity contribution in [2.45, 2.75) is 32.3 Å². The Morgan fingerprint density at radius 1 is 0.731 bits per heavy atom. The van der Waals surface area contributed by atoms with Gasteiger partial charge in [-0.05, 0) is 0 Å². The zero-order valence-electron chi connectivity index (χ0n) is 15.6. The quantitative estimate of drug-likeness (QED) is 0.567. The molecule has 0 bridgehead atoms. The number of hydrogen-bond donors (Lipinski definition) is 0. The molecule has 1 unspecified atom stereocenters. The Morgan fingerprint density at radius 2 is 1.08 bits per heavy atom. The average Bonchev–Trinajstić information content (AvgIpc) is 2.69. The molecule has 0 aromatic heterocycles. The van der Waals surface area contributed by atoms with Gasteiger partial charge in [0.1, 0.15) is 0 Å². The molecule has 0 saturated heterocycles. The molecular formula is C24H27OP. The fraction of sp³-hybridized carbons (Fsp3) is 0.208. The normalized spacial score (nSPS) is 13.2. The maximum atomic E-state index is 11.7. The second kappa shape index (κ2) is 8.43. The summed E-state index contributed by atoms with van der Waals surface area (Å²) in [7, 11) is -2.25. The molecule has 0 aliphatic heterocycles. The molecule has 1 nitrogen and oxygen atoms in total. The average molecular weight is 362 g/mol. The molecule has 0 heterocycles. The number of Topliss-reactive ketones (excluding diaryl/α,β-unsaturated/α-hetero) is 1. The first kappa shape index (κ1) is 18.5. The summed E-state index contributed by atoms with van der Waals surface area (Å²) in [4.78, 5) is 11.7. The van der Waals surface area contributed by atoms with Gasteiger partial charge in [0.05, 0.1) is 0 Å². The molecular weight excluding hydrogens is 335 g/mol. The van der Waals surface area contributed by atoms with Crippen LogP contribution < -0.4 is 15.9 Å². The van der Waals surface area contributed by atoms with Crippen LogP contribution in [0.25, 0.3) is 0 Å². The van der Waals surface area contributed by atoms with Crippen LogP contribution in [0.1, 0.15) is 26.7 Å². The van der Waals surface area contributed by atoms with Gasteiger partial charge in [-0.3, -0.25) is 0 Å². The van der Waals surface area contributed by atoms with Gasteiger partial charge in [0.2, 0.25) is 0 Å². The van der Waals surface area contributed by atoms with Gasteiger partial charge in [-0.15, -0.1) is 0 Å². The van der Waals surface area contributed by atoms with E-state index in [1.165, 1.54) is 15.9 Å². The predicted octanol–water partition coefficient (Wildman–Crippen LogP) is 4.47. The Bertz CT molecular complexity index is 731. The van der Waals surface area contributed by atoms with Gasteiger partial charge in [-0.25, -0.2) is 0 Å². The molecule has 0 saturated carbocycles. The van der Waals surface area contributed by atoms with Crippen LogP contribution in [0.2, 0.25) is 0 Å². The molecule has 2 heteroatoms. The van der Waals surface area contributed by atoms with E-state index in [4.69, 9.17) is 0 Å². The summed E-state index contributed by atoms with van der Waals surface area (Å²) in [5, 5.41) is 4.23. The fourth-order valence-corrected chi connectivity index (χ4v) is 9.53. The van der Waals surface area contributed by atoms with Crippen LogP contribution in [0.4, 0.5) is 0 Å². The third kappa shape index (κ3) is 3.64. The van der Waals surface area contributed by atoms with Gasteiger partial charge in [0, 0.05) is 0 Å². The molecule has 1 atom stereocenters. The Morgan fingerprint density at radius 3 is 1.38 bits per heavy atom. The van der Waals surface area contributed by atoms with Gasteiger partial charge >= 0.3 is 157 Å². The zero-order valence-corrected chi connectivity index (χ0v) is 16.6. The van der Waals surface area contributed by atoms with Crippen LogP contribution in [0.15, 0.2) is 91.0 Å². The van der Waals surface area contributed by atoms with Crippen molar-refractivity contribution < 1.29 is 4.79 Å². The summed E-state index contributed by atoms with van der Waals surface area (Å²) in [6.07, 6.45) is 1.56. The Balaban J connectivity index is 2.26. The van der Waals surface area contributed by atoms with Gasteiger partial charge in [0.25, 0.3) is 0 Å². The third-order valence-corrected chi connectivity index (χ3v) is 10.9. The van der Waals surface area contributed by atoms with Crippen molar-refractivity contribution in [3.8, 4) is 0 Å². The molecule has 26 heavy (non-hydrogen) atoms. The van der Waals surface area contributed by atoms with Crippen molar-refractivity contribution in [2.24, 2.45) is 0 Å². The van der Waals surface area contributed by atoms with E-state index >= 15 is 0 Å². The Kier molecular flexibility index (Phi) is 6.01. The second-order valence-electron chi connectivity index (χ2n) is 7.05. The summed E-state index contributed by atoms with van der Waals surface area (Å²) in [5.41, 5.74) is 0.415. The summed E-state index contributed by atoms with van der Waals surface area (Å²) in [6.45, 7) is 4.03. The van der Waals surface area contributed by atoms with Crippen LogP contribution in [-0.2, 0) is 4.79 Å². The maximum absolute atomic E-state index is 11.7. The third-order valence-electron chi connectivity index (χ3n) is 5.36. The van der Waals surface area contributed by atoms with Crippen LogP contribution in [-0.4, -0.2) is 11.4 Å². The molecule has 0 N–H and O–H groups in total. The molecule has 0 amide bonds. The molecule has 134 valence electrons. The number of benzene rings is 3. The van der Waals surface area contributed by atoms with Crippen LogP contribution in [0.5, 0.6) is 0 Å². The molecule has 0 fully saturated rings. The van der Waals surface area contributed by atoms with Crippen LogP contribution in [0, 0.1) is 0 Å². The first-order chi connectivity index (χ1) is 12.7. The Labute approximate surface area is 157 Å². The van der Waals surface area contributed by atoms with Crippen LogP contribution in [0.3, 0.4) is 0 Å². The fourth-order valence-electron chi connectivity index (χ4n) is 4.09. The predicted molar refractivity (Wildman–Crippen MR) is 116 cm³/mol. The first-order valence-corrected chi connectivity index (χ1v) is 11.4. The number of rotatable bonds is 7. The number of carbonyl (C=O) groups is 1. The van der Waals surface area contributed by atoms with Crippen molar-refractivity contribution in [2.75, 3.05) is 0 Å². The summed E-state index contributed by atoms with van der Waals surface area (Å²) >= 11 is 0. The van der Waals surface area contributed by atoms with Crippen molar-refractivity contribution >= 4 is 29.0 Å². The molecule has 0 radical (unpaired) electrons. The summed E-state index contributed by atoms with van der Waals surface area (Å²) in [6, 6.07) is 32.7. The zero-order chi connectivity index (χ0) is 18.4. The van der Waals surface area contributed by atoms with E-state index < -0.39 is 7.26 Å². The minimum atomic E-state index is -2.25. The van der Waals surface area contributed by atoms with Crippen molar-refractivity contribution in [3.05, 3.63) is 91.0 Å².